The number of rotatable bonds is 6. The van der Waals surface area contributed by atoms with Crippen LogP contribution in [-0.2, 0) is 4.79 Å². The molecule has 0 aliphatic heterocycles. The highest BCUT2D eigenvalue weighted by Gasteiger charge is 2.31. The number of nitrogens with zero attached hydrogens (tertiary/aromatic N) is 1. The Morgan fingerprint density at radius 1 is 1.50 bits per heavy atom. The second kappa shape index (κ2) is 6.27. The van der Waals surface area contributed by atoms with Gasteiger partial charge in [0.15, 0.2) is 0 Å². The van der Waals surface area contributed by atoms with Gasteiger partial charge in [-0.3, -0.25) is 4.79 Å². The van der Waals surface area contributed by atoms with Crippen molar-refractivity contribution in [3.63, 3.8) is 0 Å². The Hall–Kier alpha value is -1.55. The van der Waals surface area contributed by atoms with Gasteiger partial charge in [0.25, 0.3) is 0 Å². The SMILES string of the molecule is CCN(C(=O)CC(N)C1CC1)C(C)c1cccc(O)c1. The first-order valence-electron chi connectivity index (χ1n) is 7.37. The molecule has 1 fully saturated rings. The molecule has 0 bridgehead atoms. The molecule has 0 radical (unpaired) electrons. The molecule has 0 aromatic heterocycles. The fraction of sp³-hybridized carbons (Fsp3) is 0.562. The Kier molecular flexibility index (Phi) is 4.65. The predicted octanol–water partition coefficient (Wildman–Crippen LogP) is 2.43. The summed E-state index contributed by atoms with van der Waals surface area (Å²) in [4.78, 5) is 14.2. The van der Waals surface area contributed by atoms with Gasteiger partial charge in [-0.05, 0) is 50.3 Å². The summed E-state index contributed by atoms with van der Waals surface area (Å²) in [5.74, 6) is 0.865. The summed E-state index contributed by atoms with van der Waals surface area (Å²) >= 11 is 0. The highest BCUT2D eigenvalue weighted by atomic mass is 16.3. The molecule has 3 N–H and O–H groups in total. The molecule has 4 nitrogen and oxygen atoms in total. The van der Waals surface area contributed by atoms with Gasteiger partial charge in [-0.2, -0.15) is 0 Å². The van der Waals surface area contributed by atoms with E-state index in [9.17, 15) is 9.90 Å². The molecule has 2 rings (SSSR count). The van der Waals surface area contributed by atoms with Gasteiger partial charge in [0.05, 0.1) is 6.04 Å². The molecule has 1 aromatic rings. The molecular formula is C16H24N2O2. The van der Waals surface area contributed by atoms with E-state index < -0.39 is 0 Å². The van der Waals surface area contributed by atoms with Crippen LogP contribution in [-0.4, -0.2) is 28.5 Å². The van der Waals surface area contributed by atoms with Crippen molar-refractivity contribution in [2.24, 2.45) is 11.7 Å². The molecule has 2 atom stereocenters. The van der Waals surface area contributed by atoms with E-state index in [1.165, 1.54) is 0 Å². The average Bonchev–Trinajstić information content (AvgIpc) is 3.23. The van der Waals surface area contributed by atoms with E-state index in [1.54, 1.807) is 18.2 Å². The fourth-order valence-electron chi connectivity index (χ4n) is 2.64. The maximum atomic E-state index is 12.4. The fourth-order valence-corrected chi connectivity index (χ4v) is 2.64. The van der Waals surface area contributed by atoms with Gasteiger partial charge in [0, 0.05) is 19.0 Å². The first kappa shape index (κ1) is 14.9. The normalized spacial score (nSPS) is 17.6. The largest absolute Gasteiger partial charge is 0.508 e. The summed E-state index contributed by atoms with van der Waals surface area (Å²) in [7, 11) is 0. The maximum Gasteiger partial charge on any atom is 0.224 e. The lowest BCUT2D eigenvalue weighted by molar-refractivity contribution is -0.133. The second-order valence-electron chi connectivity index (χ2n) is 5.66. The van der Waals surface area contributed by atoms with Crippen LogP contribution in [0.5, 0.6) is 5.75 Å². The molecule has 1 saturated carbocycles. The van der Waals surface area contributed by atoms with Crippen molar-refractivity contribution in [3.05, 3.63) is 29.8 Å². The number of amides is 1. The number of nitrogens with two attached hydrogens (primary N) is 1. The Morgan fingerprint density at radius 2 is 2.20 bits per heavy atom. The number of aromatic hydroxyl groups is 1. The van der Waals surface area contributed by atoms with E-state index in [-0.39, 0.29) is 23.7 Å². The first-order valence-corrected chi connectivity index (χ1v) is 7.37. The van der Waals surface area contributed by atoms with Gasteiger partial charge >= 0.3 is 0 Å². The lowest BCUT2D eigenvalue weighted by Crippen LogP contribution is -2.38. The van der Waals surface area contributed by atoms with Crippen LogP contribution < -0.4 is 5.73 Å². The van der Waals surface area contributed by atoms with Crippen molar-refractivity contribution in [1.82, 2.24) is 4.90 Å². The van der Waals surface area contributed by atoms with E-state index in [0.29, 0.717) is 18.9 Å². The topological polar surface area (TPSA) is 66.6 Å². The predicted molar refractivity (Wildman–Crippen MR) is 79.2 cm³/mol. The third kappa shape index (κ3) is 3.51. The molecule has 1 amide bonds. The van der Waals surface area contributed by atoms with Crippen molar-refractivity contribution in [2.45, 2.75) is 45.2 Å². The zero-order chi connectivity index (χ0) is 14.7. The lowest BCUT2D eigenvalue weighted by atomic mass is 10.0. The van der Waals surface area contributed by atoms with Gasteiger partial charge in [-0.25, -0.2) is 0 Å². The molecule has 1 aliphatic carbocycles. The zero-order valence-corrected chi connectivity index (χ0v) is 12.2. The molecule has 110 valence electrons. The number of phenolic OH excluding ortho intramolecular Hbond substituents is 1. The Bertz CT molecular complexity index is 471. The highest BCUT2D eigenvalue weighted by Crippen LogP contribution is 2.33. The minimum atomic E-state index is -0.0500. The van der Waals surface area contributed by atoms with Crippen LogP contribution in [0.15, 0.2) is 24.3 Å². The summed E-state index contributed by atoms with van der Waals surface area (Å²) in [6, 6.07) is 7.02. The van der Waals surface area contributed by atoms with Crippen LogP contribution in [0, 0.1) is 5.92 Å². The molecule has 1 aliphatic rings. The maximum absolute atomic E-state index is 12.4. The van der Waals surface area contributed by atoms with Crippen LogP contribution in [0.1, 0.15) is 44.7 Å². The van der Waals surface area contributed by atoms with Gasteiger partial charge in [0.2, 0.25) is 5.91 Å². The molecule has 0 spiro atoms. The van der Waals surface area contributed by atoms with Crippen molar-refractivity contribution in [2.75, 3.05) is 6.54 Å². The number of phenols is 1. The molecule has 2 unspecified atom stereocenters. The lowest BCUT2D eigenvalue weighted by Gasteiger charge is -2.29. The first-order chi connectivity index (χ1) is 9.52. The minimum absolute atomic E-state index is 0.00655. The average molecular weight is 276 g/mol. The monoisotopic (exact) mass is 276 g/mol. The van der Waals surface area contributed by atoms with Gasteiger partial charge < -0.3 is 15.7 Å². The number of hydrogen-bond acceptors (Lipinski definition) is 3. The third-order valence-corrected chi connectivity index (χ3v) is 4.12. The Labute approximate surface area is 120 Å². The Balaban J connectivity index is 2.04. The standard InChI is InChI=1S/C16H24N2O2/c1-3-18(16(20)10-15(17)12-7-8-12)11(2)13-5-4-6-14(19)9-13/h4-6,9,11-12,15,19H,3,7-8,10,17H2,1-2H3. The summed E-state index contributed by atoms with van der Waals surface area (Å²) in [6.45, 7) is 4.60. The molecule has 20 heavy (non-hydrogen) atoms. The Morgan fingerprint density at radius 3 is 2.75 bits per heavy atom. The van der Waals surface area contributed by atoms with Crippen LogP contribution in [0.2, 0.25) is 0 Å². The highest BCUT2D eigenvalue weighted by molar-refractivity contribution is 5.77. The second-order valence-corrected chi connectivity index (χ2v) is 5.66. The third-order valence-electron chi connectivity index (χ3n) is 4.12. The van der Waals surface area contributed by atoms with Crippen LogP contribution >= 0.6 is 0 Å². The smallest absolute Gasteiger partial charge is 0.224 e. The van der Waals surface area contributed by atoms with Crippen molar-refractivity contribution in [3.8, 4) is 5.75 Å². The molecule has 1 aromatic carbocycles. The molecular weight excluding hydrogens is 252 g/mol. The van der Waals surface area contributed by atoms with Crippen LogP contribution in [0.3, 0.4) is 0 Å². The van der Waals surface area contributed by atoms with Gasteiger partial charge in [0.1, 0.15) is 5.75 Å². The summed E-state index contributed by atoms with van der Waals surface area (Å²) < 4.78 is 0. The quantitative estimate of drug-likeness (QED) is 0.838. The summed E-state index contributed by atoms with van der Waals surface area (Å²) in [5.41, 5.74) is 6.99. The van der Waals surface area contributed by atoms with Gasteiger partial charge in [-0.1, -0.05) is 12.1 Å². The molecule has 0 heterocycles. The summed E-state index contributed by atoms with van der Waals surface area (Å²) in [6.07, 6.45) is 2.73. The van der Waals surface area contributed by atoms with Crippen LogP contribution in [0.25, 0.3) is 0 Å². The zero-order valence-electron chi connectivity index (χ0n) is 12.2. The van der Waals surface area contributed by atoms with E-state index in [4.69, 9.17) is 5.73 Å². The van der Waals surface area contributed by atoms with Crippen molar-refractivity contribution >= 4 is 5.91 Å². The van der Waals surface area contributed by atoms with E-state index >= 15 is 0 Å². The van der Waals surface area contributed by atoms with E-state index in [1.807, 2.05) is 24.8 Å². The van der Waals surface area contributed by atoms with Crippen molar-refractivity contribution < 1.29 is 9.90 Å². The van der Waals surface area contributed by atoms with E-state index in [0.717, 1.165) is 18.4 Å². The molecule has 0 saturated heterocycles. The van der Waals surface area contributed by atoms with Crippen LogP contribution in [0.4, 0.5) is 0 Å². The number of benzene rings is 1. The summed E-state index contributed by atoms with van der Waals surface area (Å²) in [5, 5.41) is 9.56. The van der Waals surface area contributed by atoms with E-state index in [2.05, 4.69) is 0 Å². The van der Waals surface area contributed by atoms with Crippen molar-refractivity contribution in [1.29, 1.82) is 0 Å². The molecule has 4 heteroatoms. The van der Waals surface area contributed by atoms with Gasteiger partial charge in [-0.15, -0.1) is 0 Å². The minimum Gasteiger partial charge on any atom is -0.508 e. The number of carbonyl (C=O) groups excluding carboxylic acids is 1. The number of carbonyl (C=O) groups is 1. The number of hydrogen-bond donors (Lipinski definition) is 2.